The molecule has 0 radical (unpaired) electrons. The van der Waals surface area contributed by atoms with E-state index in [2.05, 4.69) is 25.8 Å². The van der Waals surface area contributed by atoms with Crippen LogP contribution in [0.25, 0.3) is 5.57 Å². The molecule has 0 unspecified atom stereocenters. The van der Waals surface area contributed by atoms with Crippen LogP contribution in [0.2, 0.25) is 0 Å². The summed E-state index contributed by atoms with van der Waals surface area (Å²) in [6.45, 7) is 6.63. The number of aliphatic hydroxyl groups is 1. The van der Waals surface area contributed by atoms with Crippen LogP contribution in [0, 0.1) is 5.41 Å². The summed E-state index contributed by atoms with van der Waals surface area (Å²) in [7, 11) is 3.99. The monoisotopic (exact) mass is 356 g/mol. The Hall–Kier alpha value is -2.34. The molecule has 1 aliphatic heterocycles. The normalized spacial score (nSPS) is 15.2. The first kappa shape index (κ1) is 17.5. The first-order valence-electron chi connectivity index (χ1n) is 8.21. The van der Waals surface area contributed by atoms with Crippen molar-refractivity contribution in [3.63, 3.8) is 0 Å². The number of aliphatic hydroxyl groups excluding tert-OH is 1. The Kier molecular flexibility index (Phi) is 4.33. The number of benzene rings is 1. The molecule has 132 valence electrons. The lowest BCUT2D eigenvalue weighted by Crippen LogP contribution is -2.26. The zero-order valence-corrected chi connectivity index (χ0v) is 16.1. The average molecular weight is 356 g/mol. The smallest absolute Gasteiger partial charge is 0.139 e. The molecule has 25 heavy (non-hydrogen) atoms. The molecule has 2 N–H and O–H groups in total. The van der Waals surface area contributed by atoms with E-state index in [1.807, 2.05) is 53.5 Å². The number of hydrogen-bond donors (Lipinski definition) is 2. The Balaban J connectivity index is 1.87. The van der Waals surface area contributed by atoms with Crippen molar-refractivity contribution >= 4 is 34.1 Å². The van der Waals surface area contributed by atoms with Crippen LogP contribution >= 0.6 is 11.3 Å². The lowest BCUT2D eigenvalue weighted by atomic mass is 9.93. The molecule has 3 rings (SSSR count). The van der Waals surface area contributed by atoms with Gasteiger partial charge in [-0.15, -0.1) is 11.3 Å². The van der Waals surface area contributed by atoms with Gasteiger partial charge in [0.15, 0.2) is 0 Å². The van der Waals surface area contributed by atoms with Gasteiger partial charge in [-0.25, -0.2) is 4.98 Å². The fraction of sp³-hybridized carbons (Fsp3) is 0.368. The highest BCUT2D eigenvalue weighted by molar-refractivity contribution is 7.11. The molecule has 0 spiro atoms. The second-order valence-corrected chi connectivity index (χ2v) is 8.31. The van der Waals surface area contributed by atoms with Gasteiger partial charge in [0.1, 0.15) is 16.6 Å². The molecule has 2 heterocycles. The van der Waals surface area contributed by atoms with Gasteiger partial charge in [-0.05, 0) is 24.3 Å². The summed E-state index contributed by atoms with van der Waals surface area (Å²) in [4.78, 5) is 8.50. The van der Waals surface area contributed by atoms with Crippen molar-refractivity contribution in [2.45, 2.75) is 26.2 Å². The standard InChI is InChI=1S/C19H24N4OS/c1-19(2,3)15-11-25-18(21-15)16-14(24)10-23(17(16)20)13-8-6-12(7-9-13)22(4)5/h6-9,11,20,24H,10H2,1-5H3. The molecule has 0 bridgehead atoms. The lowest BCUT2D eigenvalue weighted by molar-refractivity contribution is 0.411. The molecule has 5 nitrogen and oxygen atoms in total. The summed E-state index contributed by atoms with van der Waals surface area (Å²) in [5.41, 5.74) is 3.46. The second-order valence-electron chi connectivity index (χ2n) is 7.46. The predicted octanol–water partition coefficient (Wildman–Crippen LogP) is 4.27. The fourth-order valence-corrected chi connectivity index (χ4v) is 3.80. The van der Waals surface area contributed by atoms with Gasteiger partial charge in [0, 0.05) is 36.3 Å². The predicted molar refractivity (Wildman–Crippen MR) is 106 cm³/mol. The molecule has 0 amide bonds. The van der Waals surface area contributed by atoms with Crippen molar-refractivity contribution in [3.05, 3.63) is 46.1 Å². The third kappa shape index (κ3) is 3.26. The topological polar surface area (TPSA) is 63.5 Å². The van der Waals surface area contributed by atoms with Crippen molar-refractivity contribution in [1.29, 1.82) is 5.41 Å². The van der Waals surface area contributed by atoms with Crippen LogP contribution in [0.3, 0.4) is 0 Å². The number of nitrogens with zero attached hydrogens (tertiary/aromatic N) is 3. The minimum Gasteiger partial charge on any atom is -0.510 e. The number of hydrogen-bond acceptors (Lipinski definition) is 5. The maximum Gasteiger partial charge on any atom is 0.139 e. The number of nitrogens with one attached hydrogen (secondary N) is 1. The number of anilines is 2. The van der Waals surface area contributed by atoms with Crippen molar-refractivity contribution in [3.8, 4) is 0 Å². The summed E-state index contributed by atoms with van der Waals surface area (Å²) >= 11 is 1.48. The van der Waals surface area contributed by atoms with E-state index in [9.17, 15) is 5.11 Å². The van der Waals surface area contributed by atoms with Crippen LogP contribution in [0.5, 0.6) is 0 Å². The number of amidine groups is 1. The maximum atomic E-state index is 10.5. The summed E-state index contributed by atoms with van der Waals surface area (Å²) < 4.78 is 0. The van der Waals surface area contributed by atoms with E-state index in [0.717, 1.165) is 17.1 Å². The Morgan fingerprint density at radius 2 is 1.84 bits per heavy atom. The highest BCUT2D eigenvalue weighted by Gasteiger charge is 2.32. The van der Waals surface area contributed by atoms with Gasteiger partial charge < -0.3 is 14.9 Å². The van der Waals surface area contributed by atoms with Gasteiger partial charge in [0.2, 0.25) is 0 Å². The van der Waals surface area contributed by atoms with E-state index in [4.69, 9.17) is 5.41 Å². The SMILES string of the molecule is CN(C)c1ccc(N2CC(O)=C(c3nc(C(C)(C)C)cs3)C2=N)cc1. The van der Waals surface area contributed by atoms with Gasteiger partial charge >= 0.3 is 0 Å². The van der Waals surface area contributed by atoms with E-state index < -0.39 is 0 Å². The lowest BCUT2D eigenvalue weighted by Gasteiger charge is -2.20. The van der Waals surface area contributed by atoms with Crippen molar-refractivity contribution in [1.82, 2.24) is 4.98 Å². The molecule has 0 saturated carbocycles. The van der Waals surface area contributed by atoms with Crippen molar-refractivity contribution < 1.29 is 5.11 Å². The van der Waals surface area contributed by atoms with Gasteiger partial charge in [-0.1, -0.05) is 20.8 Å². The second kappa shape index (κ2) is 6.19. The molecule has 0 aliphatic carbocycles. The van der Waals surface area contributed by atoms with E-state index in [1.54, 1.807) is 0 Å². The summed E-state index contributed by atoms with van der Waals surface area (Å²) in [5.74, 6) is 0.501. The van der Waals surface area contributed by atoms with Crippen molar-refractivity contribution in [2.75, 3.05) is 30.4 Å². The fourth-order valence-electron chi connectivity index (χ4n) is 2.69. The van der Waals surface area contributed by atoms with E-state index in [1.165, 1.54) is 11.3 Å². The van der Waals surface area contributed by atoms with Crippen molar-refractivity contribution in [2.24, 2.45) is 0 Å². The third-order valence-corrected chi connectivity index (χ3v) is 5.13. The highest BCUT2D eigenvalue weighted by atomic mass is 32.1. The zero-order valence-electron chi connectivity index (χ0n) is 15.3. The largest absolute Gasteiger partial charge is 0.510 e. The molecular formula is C19H24N4OS. The van der Waals surface area contributed by atoms with Crippen LogP contribution < -0.4 is 9.80 Å². The summed E-state index contributed by atoms with van der Waals surface area (Å²) in [6, 6.07) is 7.97. The van der Waals surface area contributed by atoms with Gasteiger partial charge in [0.05, 0.1) is 17.8 Å². The van der Waals surface area contributed by atoms with Crippen LogP contribution in [0.1, 0.15) is 31.5 Å². The van der Waals surface area contributed by atoms with Crippen LogP contribution in [0.15, 0.2) is 35.4 Å². The first-order valence-corrected chi connectivity index (χ1v) is 9.09. The molecule has 0 fully saturated rings. The Bertz CT molecular complexity index is 828. The van der Waals surface area contributed by atoms with Crippen LogP contribution in [-0.2, 0) is 5.41 Å². The minimum atomic E-state index is -0.0482. The zero-order chi connectivity index (χ0) is 18.4. The molecule has 1 aliphatic rings. The quantitative estimate of drug-likeness (QED) is 0.862. The molecule has 0 saturated heterocycles. The van der Waals surface area contributed by atoms with E-state index >= 15 is 0 Å². The number of aromatic nitrogens is 1. The van der Waals surface area contributed by atoms with Gasteiger partial charge in [0.25, 0.3) is 0 Å². The minimum absolute atomic E-state index is 0.0482. The number of thiazole rings is 1. The molecule has 2 aromatic rings. The molecule has 1 aromatic carbocycles. The third-order valence-electron chi connectivity index (χ3n) is 4.27. The molecule has 0 atom stereocenters. The Morgan fingerprint density at radius 1 is 1.20 bits per heavy atom. The molecule has 6 heteroatoms. The van der Waals surface area contributed by atoms with Crippen LogP contribution in [-0.4, -0.2) is 36.6 Å². The maximum absolute atomic E-state index is 10.5. The van der Waals surface area contributed by atoms with Crippen LogP contribution in [0.4, 0.5) is 11.4 Å². The highest BCUT2D eigenvalue weighted by Crippen LogP contribution is 2.35. The first-order chi connectivity index (χ1) is 11.7. The summed E-state index contributed by atoms with van der Waals surface area (Å²) in [6.07, 6.45) is 0. The van der Waals surface area contributed by atoms with Gasteiger partial charge in [-0.2, -0.15) is 0 Å². The number of rotatable bonds is 3. The van der Waals surface area contributed by atoms with Gasteiger partial charge in [-0.3, -0.25) is 5.41 Å². The van der Waals surface area contributed by atoms with E-state index in [0.29, 0.717) is 23.0 Å². The Labute approximate surface area is 152 Å². The van der Waals surface area contributed by atoms with E-state index in [-0.39, 0.29) is 11.2 Å². The summed E-state index contributed by atoms with van der Waals surface area (Å²) in [5, 5.41) is 21.7. The Morgan fingerprint density at radius 3 is 2.36 bits per heavy atom. The molecule has 1 aromatic heterocycles. The molecular weight excluding hydrogens is 332 g/mol. The average Bonchev–Trinajstić information content (AvgIpc) is 3.12.